The van der Waals surface area contributed by atoms with Gasteiger partial charge in [-0.2, -0.15) is 0 Å². The van der Waals surface area contributed by atoms with Crippen LogP contribution in [0.5, 0.6) is 0 Å². The molecule has 0 radical (unpaired) electrons. The van der Waals surface area contributed by atoms with Crippen molar-refractivity contribution in [1.82, 2.24) is 5.32 Å². The van der Waals surface area contributed by atoms with Crippen LogP contribution in [0.25, 0.3) is 6.08 Å². The van der Waals surface area contributed by atoms with E-state index in [4.69, 9.17) is 0 Å². The van der Waals surface area contributed by atoms with Crippen molar-refractivity contribution in [3.8, 4) is 0 Å². The summed E-state index contributed by atoms with van der Waals surface area (Å²) in [5.74, 6) is 0.129. The van der Waals surface area contributed by atoms with Crippen molar-refractivity contribution in [2.75, 3.05) is 0 Å². The van der Waals surface area contributed by atoms with Crippen LogP contribution in [0.1, 0.15) is 24.8 Å². The molecule has 0 unspecified atom stereocenters. The van der Waals surface area contributed by atoms with Crippen molar-refractivity contribution in [1.29, 1.82) is 0 Å². The summed E-state index contributed by atoms with van der Waals surface area (Å²) >= 11 is 0. The van der Waals surface area contributed by atoms with Crippen LogP contribution < -0.4 is 5.32 Å². The first-order valence-electron chi connectivity index (χ1n) is 5.35. The standard InChI is InChI=1S/C13H15NO/c15-13(14-12-9-10-12)8-4-7-11-5-2-1-3-6-11/h1-7,12H,8-10H2,(H,14,15)/b7-4+. The van der Waals surface area contributed by atoms with Gasteiger partial charge >= 0.3 is 0 Å². The van der Waals surface area contributed by atoms with Gasteiger partial charge in [0, 0.05) is 12.5 Å². The molecule has 1 aliphatic rings. The Bertz CT molecular complexity index is 352. The van der Waals surface area contributed by atoms with Crippen LogP contribution >= 0.6 is 0 Å². The van der Waals surface area contributed by atoms with Gasteiger partial charge in [-0.05, 0) is 18.4 Å². The van der Waals surface area contributed by atoms with Crippen molar-refractivity contribution >= 4 is 12.0 Å². The van der Waals surface area contributed by atoms with Crippen molar-refractivity contribution in [2.24, 2.45) is 0 Å². The summed E-state index contributed by atoms with van der Waals surface area (Å²) in [6.07, 6.45) is 6.66. The highest BCUT2D eigenvalue weighted by Crippen LogP contribution is 2.18. The minimum Gasteiger partial charge on any atom is -0.353 e. The fourth-order valence-electron chi connectivity index (χ4n) is 1.38. The molecule has 1 aromatic carbocycles. The Hall–Kier alpha value is -1.57. The smallest absolute Gasteiger partial charge is 0.224 e. The summed E-state index contributed by atoms with van der Waals surface area (Å²) in [5.41, 5.74) is 1.14. The summed E-state index contributed by atoms with van der Waals surface area (Å²) in [6.45, 7) is 0. The van der Waals surface area contributed by atoms with Gasteiger partial charge in [0.15, 0.2) is 0 Å². The summed E-state index contributed by atoms with van der Waals surface area (Å²) < 4.78 is 0. The highest BCUT2D eigenvalue weighted by atomic mass is 16.1. The molecule has 1 saturated carbocycles. The molecule has 0 spiro atoms. The van der Waals surface area contributed by atoms with Crippen molar-refractivity contribution < 1.29 is 4.79 Å². The molecule has 0 heterocycles. The van der Waals surface area contributed by atoms with E-state index in [0.29, 0.717) is 12.5 Å². The van der Waals surface area contributed by atoms with Gasteiger partial charge in [0.1, 0.15) is 0 Å². The SMILES string of the molecule is O=C(C/C=C/c1ccccc1)NC1CC1. The maximum atomic E-state index is 11.3. The maximum absolute atomic E-state index is 11.3. The molecule has 15 heavy (non-hydrogen) atoms. The van der Waals surface area contributed by atoms with E-state index < -0.39 is 0 Å². The predicted octanol–water partition coefficient (Wildman–Crippen LogP) is 2.37. The van der Waals surface area contributed by atoms with E-state index in [1.807, 2.05) is 42.5 Å². The maximum Gasteiger partial charge on any atom is 0.224 e. The van der Waals surface area contributed by atoms with Gasteiger partial charge in [0.2, 0.25) is 5.91 Å². The van der Waals surface area contributed by atoms with Gasteiger partial charge in [-0.3, -0.25) is 4.79 Å². The Morgan fingerprint density at radius 2 is 2.07 bits per heavy atom. The van der Waals surface area contributed by atoms with E-state index >= 15 is 0 Å². The van der Waals surface area contributed by atoms with Gasteiger partial charge in [-0.15, -0.1) is 0 Å². The van der Waals surface area contributed by atoms with Crippen LogP contribution in [0.4, 0.5) is 0 Å². The number of hydrogen-bond donors (Lipinski definition) is 1. The normalized spacial score (nSPS) is 15.5. The van der Waals surface area contributed by atoms with Crippen molar-refractivity contribution in [2.45, 2.75) is 25.3 Å². The number of carbonyl (C=O) groups excluding carboxylic acids is 1. The Kier molecular flexibility index (Phi) is 3.18. The summed E-state index contributed by atoms with van der Waals surface area (Å²) in [4.78, 5) is 11.3. The minimum atomic E-state index is 0.129. The molecule has 78 valence electrons. The zero-order valence-electron chi connectivity index (χ0n) is 8.65. The van der Waals surface area contributed by atoms with Crippen LogP contribution in [-0.4, -0.2) is 11.9 Å². The zero-order chi connectivity index (χ0) is 10.5. The molecule has 2 rings (SSSR count). The number of carbonyl (C=O) groups is 1. The van der Waals surface area contributed by atoms with Crippen molar-refractivity contribution in [3.05, 3.63) is 42.0 Å². The van der Waals surface area contributed by atoms with E-state index in [9.17, 15) is 4.79 Å². The zero-order valence-corrected chi connectivity index (χ0v) is 8.65. The lowest BCUT2D eigenvalue weighted by atomic mass is 10.2. The molecule has 0 atom stereocenters. The summed E-state index contributed by atoms with van der Waals surface area (Å²) in [6, 6.07) is 10.5. The minimum absolute atomic E-state index is 0.129. The first kappa shape index (κ1) is 9.97. The number of nitrogens with one attached hydrogen (secondary N) is 1. The van der Waals surface area contributed by atoms with Gasteiger partial charge in [0.05, 0.1) is 0 Å². The van der Waals surface area contributed by atoms with Gasteiger partial charge in [-0.25, -0.2) is 0 Å². The van der Waals surface area contributed by atoms with Crippen LogP contribution in [0, 0.1) is 0 Å². The van der Waals surface area contributed by atoms with Crippen molar-refractivity contribution in [3.63, 3.8) is 0 Å². The molecule has 0 bridgehead atoms. The average Bonchev–Trinajstić information content (AvgIpc) is 3.03. The molecule has 1 fully saturated rings. The lowest BCUT2D eigenvalue weighted by Crippen LogP contribution is -2.24. The number of rotatable bonds is 4. The lowest BCUT2D eigenvalue weighted by Gasteiger charge is -1.98. The Labute approximate surface area is 90.0 Å². The molecular formula is C13H15NO. The van der Waals surface area contributed by atoms with Gasteiger partial charge in [0.25, 0.3) is 0 Å². The molecule has 1 N–H and O–H groups in total. The number of amides is 1. The molecule has 1 aliphatic carbocycles. The molecular weight excluding hydrogens is 186 g/mol. The fraction of sp³-hybridized carbons (Fsp3) is 0.308. The van der Waals surface area contributed by atoms with E-state index in [1.165, 1.54) is 0 Å². The molecule has 0 aliphatic heterocycles. The third kappa shape index (κ3) is 3.58. The first-order chi connectivity index (χ1) is 7.34. The quantitative estimate of drug-likeness (QED) is 0.796. The second kappa shape index (κ2) is 4.78. The van der Waals surface area contributed by atoms with Crippen LogP contribution in [0.15, 0.2) is 36.4 Å². The van der Waals surface area contributed by atoms with E-state index in [0.717, 1.165) is 18.4 Å². The Balaban J connectivity index is 1.76. The molecule has 2 heteroatoms. The Morgan fingerprint density at radius 3 is 2.73 bits per heavy atom. The Morgan fingerprint density at radius 1 is 1.33 bits per heavy atom. The predicted molar refractivity (Wildman–Crippen MR) is 61.3 cm³/mol. The lowest BCUT2D eigenvalue weighted by molar-refractivity contribution is -0.120. The van der Waals surface area contributed by atoms with Gasteiger partial charge < -0.3 is 5.32 Å². The molecule has 0 saturated heterocycles. The van der Waals surface area contributed by atoms with Gasteiger partial charge in [-0.1, -0.05) is 42.5 Å². The first-order valence-corrected chi connectivity index (χ1v) is 5.35. The second-order valence-electron chi connectivity index (χ2n) is 3.86. The summed E-state index contributed by atoms with van der Waals surface area (Å²) in [7, 11) is 0. The largest absolute Gasteiger partial charge is 0.353 e. The van der Waals surface area contributed by atoms with E-state index in [2.05, 4.69) is 5.32 Å². The third-order valence-electron chi connectivity index (χ3n) is 2.36. The molecule has 2 nitrogen and oxygen atoms in total. The topological polar surface area (TPSA) is 29.1 Å². The number of benzene rings is 1. The van der Waals surface area contributed by atoms with Crippen LogP contribution in [0.2, 0.25) is 0 Å². The highest BCUT2D eigenvalue weighted by molar-refractivity contribution is 5.79. The van der Waals surface area contributed by atoms with Crippen LogP contribution in [0.3, 0.4) is 0 Å². The summed E-state index contributed by atoms with van der Waals surface area (Å²) in [5, 5.41) is 2.95. The molecule has 0 aromatic heterocycles. The average molecular weight is 201 g/mol. The second-order valence-corrected chi connectivity index (χ2v) is 3.86. The van der Waals surface area contributed by atoms with Crippen LogP contribution in [-0.2, 0) is 4.79 Å². The molecule has 1 aromatic rings. The van der Waals surface area contributed by atoms with E-state index in [-0.39, 0.29) is 5.91 Å². The highest BCUT2D eigenvalue weighted by Gasteiger charge is 2.22. The van der Waals surface area contributed by atoms with E-state index in [1.54, 1.807) is 0 Å². The monoisotopic (exact) mass is 201 g/mol. The molecule has 1 amide bonds. The fourth-order valence-corrected chi connectivity index (χ4v) is 1.38. The number of hydrogen-bond acceptors (Lipinski definition) is 1. The third-order valence-corrected chi connectivity index (χ3v) is 2.36.